The number of anilines is 1. The largest absolute Gasteiger partial charge is 0.416 e. The lowest BCUT2D eigenvalue weighted by Gasteiger charge is -2.07. The molecule has 9 heteroatoms. The number of amides is 1. The van der Waals surface area contributed by atoms with E-state index in [1.165, 1.54) is 29.2 Å². The van der Waals surface area contributed by atoms with Gasteiger partial charge < -0.3 is 5.32 Å². The fourth-order valence-electron chi connectivity index (χ4n) is 1.82. The molecular formula is C15H16F3N3OS2. The Morgan fingerprint density at radius 3 is 2.83 bits per heavy atom. The van der Waals surface area contributed by atoms with Crippen molar-refractivity contribution in [3.05, 3.63) is 35.4 Å². The van der Waals surface area contributed by atoms with Crippen molar-refractivity contribution in [1.82, 2.24) is 10.2 Å². The minimum Gasteiger partial charge on any atom is -0.301 e. The van der Waals surface area contributed by atoms with E-state index in [4.69, 9.17) is 0 Å². The highest BCUT2D eigenvalue weighted by molar-refractivity contribution is 8.00. The molecule has 24 heavy (non-hydrogen) atoms. The molecule has 0 atom stereocenters. The molecule has 1 aromatic heterocycles. The Hall–Kier alpha value is -1.61. The third-order valence-electron chi connectivity index (χ3n) is 3.03. The van der Waals surface area contributed by atoms with Crippen LogP contribution in [0.3, 0.4) is 0 Å². The van der Waals surface area contributed by atoms with E-state index in [0.717, 1.165) is 25.0 Å². The maximum Gasteiger partial charge on any atom is 0.416 e. The van der Waals surface area contributed by atoms with Crippen LogP contribution in [0.1, 0.15) is 37.3 Å². The summed E-state index contributed by atoms with van der Waals surface area (Å²) < 4.78 is 38.6. The molecule has 4 nitrogen and oxygen atoms in total. The summed E-state index contributed by atoms with van der Waals surface area (Å²) in [6.07, 6.45) is -2.18. The number of carbonyl (C=O) groups excluding carboxylic acids is 1. The number of nitrogens with zero attached hydrogens (tertiary/aromatic N) is 2. The second-order valence-electron chi connectivity index (χ2n) is 5.01. The molecule has 1 heterocycles. The van der Waals surface area contributed by atoms with E-state index in [2.05, 4.69) is 15.5 Å². The molecule has 0 fully saturated rings. The van der Waals surface area contributed by atoms with Gasteiger partial charge in [0.05, 0.1) is 5.56 Å². The van der Waals surface area contributed by atoms with Crippen LogP contribution >= 0.6 is 23.1 Å². The highest BCUT2D eigenvalue weighted by Gasteiger charge is 2.30. The van der Waals surface area contributed by atoms with Gasteiger partial charge in [0.2, 0.25) is 11.0 Å². The molecule has 0 aliphatic heterocycles. The summed E-state index contributed by atoms with van der Waals surface area (Å²) in [5, 5.41) is 10.9. The molecular weight excluding hydrogens is 359 g/mol. The number of nitrogens with one attached hydrogen (secondary N) is 1. The standard InChI is InChI=1S/C15H16F3N3OS2/c1-2-3-7-12(22)19-13-20-21-14(24-13)23-9-10-5-4-6-11(8-10)15(16,17)18/h4-6,8H,2-3,7,9H2,1H3,(H,19,20,22). The summed E-state index contributed by atoms with van der Waals surface area (Å²) in [4.78, 5) is 11.6. The second-order valence-corrected chi connectivity index (χ2v) is 7.21. The van der Waals surface area contributed by atoms with Gasteiger partial charge in [0.1, 0.15) is 0 Å². The number of unbranched alkanes of at least 4 members (excludes halogenated alkanes) is 1. The van der Waals surface area contributed by atoms with E-state index in [0.29, 0.717) is 27.2 Å². The SMILES string of the molecule is CCCCC(=O)Nc1nnc(SCc2cccc(C(F)(F)F)c2)s1. The first-order valence-electron chi connectivity index (χ1n) is 7.30. The van der Waals surface area contributed by atoms with Crippen LogP contribution < -0.4 is 5.32 Å². The maximum absolute atomic E-state index is 12.7. The number of aromatic nitrogens is 2. The van der Waals surface area contributed by atoms with E-state index >= 15 is 0 Å². The molecule has 1 N–H and O–H groups in total. The fraction of sp³-hybridized carbons (Fsp3) is 0.400. The van der Waals surface area contributed by atoms with Crippen LogP contribution in [-0.4, -0.2) is 16.1 Å². The van der Waals surface area contributed by atoms with Gasteiger partial charge in [-0.05, 0) is 18.1 Å². The van der Waals surface area contributed by atoms with Crippen LogP contribution in [0.4, 0.5) is 18.3 Å². The Labute approximate surface area is 145 Å². The fourth-order valence-corrected chi connectivity index (χ4v) is 3.53. The molecule has 2 aromatic rings. The van der Waals surface area contributed by atoms with Crippen molar-refractivity contribution in [2.75, 3.05) is 5.32 Å². The zero-order valence-electron chi connectivity index (χ0n) is 12.9. The van der Waals surface area contributed by atoms with Crippen molar-refractivity contribution in [3.63, 3.8) is 0 Å². The first-order chi connectivity index (χ1) is 11.4. The molecule has 0 bridgehead atoms. The topological polar surface area (TPSA) is 54.9 Å². The minimum absolute atomic E-state index is 0.109. The smallest absolute Gasteiger partial charge is 0.301 e. The number of benzene rings is 1. The monoisotopic (exact) mass is 375 g/mol. The normalized spacial score (nSPS) is 11.5. The summed E-state index contributed by atoms with van der Waals surface area (Å²) in [5.74, 6) is 0.241. The van der Waals surface area contributed by atoms with Gasteiger partial charge in [-0.2, -0.15) is 13.2 Å². The number of thioether (sulfide) groups is 1. The minimum atomic E-state index is -4.35. The molecule has 0 saturated heterocycles. The van der Waals surface area contributed by atoms with Crippen LogP contribution in [0.2, 0.25) is 0 Å². The lowest BCUT2D eigenvalue weighted by Crippen LogP contribution is -2.10. The van der Waals surface area contributed by atoms with Crippen molar-refractivity contribution >= 4 is 34.1 Å². The molecule has 0 radical (unpaired) electrons. The number of alkyl halides is 3. The molecule has 2 rings (SSSR count). The molecule has 0 aliphatic rings. The Balaban J connectivity index is 1.90. The average molecular weight is 375 g/mol. The summed E-state index contributed by atoms with van der Waals surface area (Å²) >= 11 is 2.50. The quantitative estimate of drug-likeness (QED) is 0.548. The highest BCUT2D eigenvalue weighted by Crippen LogP contribution is 2.32. The molecule has 0 saturated carbocycles. The van der Waals surface area contributed by atoms with Gasteiger partial charge in [0.15, 0.2) is 4.34 Å². The van der Waals surface area contributed by atoms with Gasteiger partial charge in [-0.1, -0.05) is 54.6 Å². The summed E-state index contributed by atoms with van der Waals surface area (Å²) in [6, 6.07) is 5.19. The lowest BCUT2D eigenvalue weighted by atomic mass is 10.1. The van der Waals surface area contributed by atoms with Crippen LogP contribution in [0.5, 0.6) is 0 Å². The van der Waals surface area contributed by atoms with Crippen LogP contribution in [-0.2, 0) is 16.7 Å². The predicted octanol–water partition coefficient (Wildman–Crippen LogP) is 4.98. The average Bonchev–Trinajstić information content (AvgIpc) is 2.98. The zero-order chi connectivity index (χ0) is 17.6. The first kappa shape index (κ1) is 18.7. The number of hydrogen-bond acceptors (Lipinski definition) is 5. The Morgan fingerprint density at radius 1 is 1.33 bits per heavy atom. The highest BCUT2D eigenvalue weighted by atomic mass is 32.2. The zero-order valence-corrected chi connectivity index (χ0v) is 14.5. The summed E-state index contributed by atoms with van der Waals surface area (Å²) in [7, 11) is 0. The summed E-state index contributed by atoms with van der Waals surface area (Å²) in [6.45, 7) is 2.00. The van der Waals surface area contributed by atoms with E-state index < -0.39 is 11.7 Å². The van der Waals surface area contributed by atoms with Gasteiger partial charge in [0.25, 0.3) is 0 Å². The van der Waals surface area contributed by atoms with Crippen LogP contribution in [0.15, 0.2) is 28.6 Å². The predicted molar refractivity (Wildman–Crippen MR) is 89.1 cm³/mol. The number of halogens is 3. The Morgan fingerprint density at radius 2 is 2.12 bits per heavy atom. The number of carbonyl (C=O) groups is 1. The Bertz CT molecular complexity index is 689. The van der Waals surface area contributed by atoms with Crippen molar-refractivity contribution in [2.45, 2.75) is 42.5 Å². The molecule has 0 aliphatic carbocycles. The number of rotatable bonds is 7. The maximum atomic E-state index is 12.7. The molecule has 0 unspecified atom stereocenters. The van der Waals surface area contributed by atoms with E-state index in [9.17, 15) is 18.0 Å². The van der Waals surface area contributed by atoms with Crippen LogP contribution in [0, 0.1) is 0 Å². The molecule has 130 valence electrons. The van der Waals surface area contributed by atoms with Crippen molar-refractivity contribution in [2.24, 2.45) is 0 Å². The summed E-state index contributed by atoms with van der Waals surface area (Å²) in [5.41, 5.74) is -0.111. The van der Waals surface area contributed by atoms with Gasteiger partial charge in [-0.25, -0.2) is 0 Å². The lowest BCUT2D eigenvalue weighted by molar-refractivity contribution is -0.137. The van der Waals surface area contributed by atoms with Crippen LogP contribution in [0.25, 0.3) is 0 Å². The Kier molecular flexibility index (Phi) is 6.61. The van der Waals surface area contributed by atoms with E-state index in [1.807, 2.05) is 6.92 Å². The van der Waals surface area contributed by atoms with Gasteiger partial charge in [-0.15, -0.1) is 10.2 Å². The van der Waals surface area contributed by atoms with E-state index in [-0.39, 0.29) is 5.91 Å². The molecule has 0 spiro atoms. The van der Waals surface area contributed by atoms with E-state index in [1.54, 1.807) is 6.07 Å². The first-order valence-corrected chi connectivity index (χ1v) is 9.11. The molecule has 1 amide bonds. The number of hydrogen-bond donors (Lipinski definition) is 1. The third-order valence-corrected chi connectivity index (χ3v) is 5.07. The third kappa shape index (κ3) is 5.79. The van der Waals surface area contributed by atoms with Gasteiger partial charge in [0, 0.05) is 12.2 Å². The van der Waals surface area contributed by atoms with Crippen molar-refractivity contribution < 1.29 is 18.0 Å². The second kappa shape index (κ2) is 8.48. The van der Waals surface area contributed by atoms with Gasteiger partial charge in [-0.3, -0.25) is 4.79 Å². The van der Waals surface area contributed by atoms with Gasteiger partial charge >= 0.3 is 6.18 Å². The van der Waals surface area contributed by atoms with Crippen molar-refractivity contribution in [1.29, 1.82) is 0 Å². The van der Waals surface area contributed by atoms with Crippen molar-refractivity contribution in [3.8, 4) is 0 Å². The molecule has 1 aromatic carbocycles.